The second-order valence-electron chi connectivity index (χ2n) is 6.71. The van der Waals surface area contributed by atoms with Crippen molar-refractivity contribution >= 4 is 22.8 Å². The van der Waals surface area contributed by atoms with Crippen molar-refractivity contribution < 1.29 is 14.6 Å². The number of aliphatic hydroxyl groups is 1. The van der Waals surface area contributed by atoms with Crippen LogP contribution in [0.5, 0.6) is 5.75 Å². The molecular weight excluding hydrogens is 344 g/mol. The number of aromatic nitrogens is 2. The number of benzene rings is 2. The van der Waals surface area contributed by atoms with Crippen molar-refractivity contribution in [1.29, 1.82) is 0 Å². The van der Waals surface area contributed by atoms with Crippen molar-refractivity contribution in [2.45, 2.75) is 18.9 Å². The molecule has 7 nitrogen and oxygen atoms in total. The van der Waals surface area contributed by atoms with Crippen LogP contribution in [0.1, 0.15) is 12.8 Å². The number of likely N-dealkylation sites (tertiary alicyclic amines) is 1. The Labute approximate surface area is 156 Å². The summed E-state index contributed by atoms with van der Waals surface area (Å²) in [5, 5.41) is 20.5. The molecule has 0 spiro atoms. The Hall–Kier alpha value is -3.06. The fraction of sp³-hybridized carbons (Fsp3) is 0.300. The first-order valence-corrected chi connectivity index (χ1v) is 9.00. The molecule has 0 aliphatic carbocycles. The third-order valence-electron chi connectivity index (χ3n) is 4.94. The number of rotatable bonds is 3. The number of carbonyl (C=O) groups is 1. The zero-order valence-electron chi connectivity index (χ0n) is 15.1. The minimum atomic E-state index is -0.310. The van der Waals surface area contributed by atoms with Gasteiger partial charge >= 0.3 is 6.03 Å². The summed E-state index contributed by atoms with van der Waals surface area (Å²) < 4.78 is 5.29. The number of urea groups is 1. The van der Waals surface area contributed by atoms with E-state index in [1.165, 1.54) is 0 Å². The van der Waals surface area contributed by atoms with Gasteiger partial charge in [-0.1, -0.05) is 18.2 Å². The number of amides is 2. The Morgan fingerprint density at radius 3 is 2.78 bits per heavy atom. The van der Waals surface area contributed by atoms with Crippen LogP contribution in [0.4, 0.5) is 10.6 Å². The Kier molecular flexibility index (Phi) is 4.68. The van der Waals surface area contributed by atoms with Crippen LogP contribution in [-0.4, -0.2) is 52.5 Å². The first-order chi connectivity index (χ1) is 13.1. The number of piperidine rings is 1. The van der Waals surface area contributed by atoms with Gasteiger partial charge in [-0.2, -0.15) is 5.10 Å². The van der Waals surface area contributed by atoms with Crippen LogP contribution in [0.25, 0.3) is 22.0 Å². The molecule has 0 bridgehead atoms. The van der Waals surface area contributed by atoms with Gasteiger partial charge in [-0.05, 0) is 48.2 Å². The molecular formula is C20H22N4O3. The summed E-state index contributed by atoms with van der Waals surface area (Å²) in [6.45, 7) is 1.10. The fourth-order valence-corrected chi connectivity index (χ4v) is 3.35. The van der Waals surface area contributed by atoms with Crippen molar-refractivity contribution in [3.05, 3.63) is 42.5 Å². The van der Waals surface area contributed by atoms with Gasteiger partial charge in [0.25, 0.3) is 0 Å². The molecule has 1 fully saturated rings. The Morgan fingerprint density at radius 1 is 1.22 bits per heavy atom. The van der Waals surface area contributed by atoms with E-state index >= 15 is 0 Å². The summed E-state index contributed by atoms with van der Waals surface area (Å²) >= 11 is 0. The Morgan fingerprint density at radius 2 is 2.00 bits per heavy atom. The average Bonchev–Trinajstić information content (AvgIpc) is 3.10. The van der Waals surface area contributed by atoms with Crippen LogP contribution in [0.2, 0.25) is 0 Å². The molecule has 0 saturated carbocycles. The Bertz CT molecular complexity index is 961. The van der Waals surface area contributed by atoms with E-state index in [4.69, 9.17) is 4.74 Å². The lowest BCUT2D eigenvalue weighted by Crippen LogP contribution is -2.42. The summed E-state index contributed by atoms with van der Waals surface area (Å²) in [5.41, 5.74) is 2.93. The van der Waals surface area contributed by atoms with Gasteiger partial charge in [0.15, 0.2) is 5.82 Å². The molecule has 7 heteroatoms. The summed E-state index contributed by atoms with van der Waals surface area (Å²) in [5.74, 6) is 1.31. The van der Waals surface area contributed by atoms with E-state index < -0.39 is 0 Å². The second kappa shape index (κ2) is 7.28. The monoisotopic (exact) mass is 366 g/mol. The highest BCUT2D eigenvalue weighted by atomic mass is 16.5. The largest absolute Gasteiger partial charge is 0.497 e. The SMILES string of the molecule is COc1cccc(-c2ccc3c(NC(=O)N4CCC(O)CC4)n[nH]c3c2)c1. The number of anilines is 1. The maximum absolute atomic E-state index is 12.4. The van der Waals surface area contributed by atoms with Gasteiger partial charge in [-0.25, -0.2) is 4.79 Å². The number of nitrogens with one attached hydrogen (secondary N) is 2. The average molecular weight is 366 g/mol. The molecule has 3 N–H and O–H groups in total. The van der Waals surface area contributed by atoms with Crippen molar-refractivity contribution in [1.82, 2.24) is 15.1 Å². The fourth-order valence-electron chi connectivity index (χ4n) is 3.35. The Balaban J connectivity index is 1.54. The van der Waals surface area contributed by atoms with Crippen molar-refractivity contribution in [2.75, 3.05) is 25.5 Å². The number of H-pyrrole nitrogens is 1. The second-order valence-corrected chi connectivity index (χ2v) is 6.71. The minimum Gasteiger partial charge on any atom is -0.497 e. The number of hydrogen-bond donors (Lipinski definition) is 3. The van der Waals surface area contributed by atoms with Crippen LogP contribution < -0.4 is 10.1 Å². The van der Waals surface area contributed by atoms with Gasteiger partial charge in [0.2, 0.25) is 0 Å². The highest BCUT2D eigenvalue weighted by Crippen LogP contribution is 2.29. The zero-order chi connectivity index (χ0) is 18.8. The highest BCUT2D eigenvalue weighted by Gasteiger charge is 2.22. The quantitative estimate of drug-likeness (QED) is 0.664. The predicted molar refractivity (Wildman–Crippen MR) is 104 cm³/mol. The van der Waals surface area contributed by atoms with E-state index in [0.717, 1.165) is 27.8 Å². The van der Waals surface area contributed by atoms with Crippen LogP contribution in [-0.2, 0) is 0 Å². The molecule has 3 aromatic rings. The number of ether oxygens (including phenoxy) is 1. The standard InChI is InChI=1S/C20H22N4O3/c1-27-16-4-2-3-13(11-16)14-5-6-17-18(12-14)22-23-19(17)21-20(26)24-9-7-15(25)8-10-24/h2-6,11-12,15,25H,7-10H2,1H3,(H2,21,22,23,26). The highest BCUT2D eigenvalue weighted by molar-refractivity contribution is 6.00. The number of carbonyl (C=O) groups excluding carboxylic acids is 1. The number of fused-ring (bicyclic) bond motifs is 1. The number of aliphatic hydroxyl groups excluding tert-OH is 1. The molecule has 2 amide bonds. The summed E-state index contributed by atoms with van der Waals surface area (Å²) in [6.07, 6.45) is 0.910. The molecule has 2 heterocycles. The first-order valence-electron chi connectivity index (χ1n) is 9.00. The van der Waals surface area contributed by atoms with Crippen molar-refractivity contribution in [2.24, 2.45) is 0 Å². The van der Waals surface area contributed by atoms with E-state index in [1.54, 1.807) is 12.0 Å². The lowest BCUT2D eigenvalue weighted by molar-refractivity contribution is 0.0972. The van der Waals surface area contributed by atoms with Crippen LogP contribution in [0.3, 0.4) is 0 Å². The molecule has 1 aliphatic rings. The third kappa shape index (κ3) is 3.59. The van der Waals surface area contributed by atoms with Crippen molar-refractivity contribution in [3.8, 4) is 16.9 Å². The number of nitrogens with zero attached hydrogens (tertiary/aromatic N) is 2. The minimum absolute atomic E-state index is 0.188. The molecule has 1 aliphatic heterocycles. The summed E-state index contributed by atoms with van der Waals surface area (Å²) in [6, 6.07) is 13.6. The van der Waals surface area contributed by atoms with Gasteiger partial charge in [-0.3, -0.25) is 10.4 Å². The number of methoxy groups -OCH3 is 1. The van der Waals surface area contributed by atoms with E-state index in [-0.39, 0.29) is 12.1 Å². The molecule has 0 unspecified atom stereocenters. The summed E-state index contributed by atoms with van der Waals surface area (Å²) in [7, 11) is 1.65. The normalized spacial score (nSPS) is 15.1. The van der Waals surface area contributed by atoms with E-state index in [0.29, 0.717) is 31.7 Å². The summed E-state index contributed by atoms with van der Waals surface area (Å²) in [4.78, 5) is 14.1. The van der Waals surface area contributed by atoms with Crippen LogP contribution in [0.15, 0.2) is 42.5 Å². The molecule has 1 saturated heterocycles. The van der Waals surface area contributed by atoms with E-state index in [1.807, 2.05) is 42.5 Å². The lowest BCUT2D eigenvalue weighted by Gasteiger charge is -2.29. The molecule has 0 atom stereocenters. The third-order valence-corrected chi connectivity index (χ3v) is 4.94. The van der Waals surface area contributed by atoms with Gasteiger partial charge in [0, 0.05) is 18.5 Å². The molecule has 2 aromatic carbocycles. The van der Waals surface area contributed by atoms with Crippen LogP contribution in [0, 0.1) is 0 Å². The molecule has 1 aromatic heterocycles. The topological polar surface area (TPSA) is 90.5 Å². The first kappa shape index (κ1) is 17.4. The predicted octanol–water partition coefficient (Wildman–Crippen LogP) is 3.23. The molecule has 0 radical (unpaired) electrons. The number of aromatic amines is 1. The van der Waals surface area contributed by atoms with E-state index in [2.05, 4.69) is 15.5 Å². The molecule has 140 valence electrons. The van der Waals surface area contributed by atoms with Crippen molar-refractivity contribution in [3.63, 3.8) is 0 Å². The maximum Gasteiger partial charge on any atom is 0.323 e. The molecule has 27 heavy (non-hydrogen) atoms. The lowest BCUT2D eigenvalue weighted by atomic mass is 10.0. The van der Waals surface area contributed by atoms with Gasteiger partial charge < -0.3 is 14.7 Å². The zero-order valence-corrected chi connectivity index (χ0v) is 15.1. The molecule has 4 rings (SSSR count). The van der Waals surface area contributed by atoms with E-state index in [9.17, 15) is 9.90 Å². The van der Waals surface area contributed by atoms with Crippen LogP contribution >= 0.6 is 0 Å². The van der Waals surface area contributed by atoms with Gasteiger partial charge in [0.1, 0.15) is 5.75 Å². The number of hydrogen-bond acceptors (Lipinski definition) is 4. The van der Waals surface area contributed by atoms with Gasteiger partial charge in [0.05, 0.1) is 18.7 Å². The van der Waals surface area contributed by atoms with Gasteiger partial charge in [-0.15, -0.1) is 0 Å². The smallest absolute Gasteiger partial charge is 0.323 e. The maximum atomic E-state index is 12.4.